The van der Waals surface area contributed by atoms with Crippen molar-refractivity contribution in [1.82, 2.24) is 4.81 Å². The molecular weight excluding hydrogens is 334 g/mol. The maximum Gasteiger partial charge on any atom is 0.416 e. The van der Waals surface area contributed by atoms with Crippen molar-refractivity contribution >= 4 is 19.3 Å². The minimum atomic E-state index is -4.31. The van der Waals surface area contributed by atoms with Gasteiger partial charge in [0.15, 0.2) is 0 Å². The van der Waals surface area contributed by atoms with Crippen molar-refractivity contribution in [2.24, 2.45) is 5.41 Å². The summed E-state index contributed by atoms with van der Waals surface area (Å²) in [6.45, 7) is 6.60. The summed E-state index contributed by atoms with van der Waals surface area (Å²) in [6, 6.07) is 15.9. The number of hydrogen-bond acceptors (Lipinski definition) is 1. The van der Waals surface area contributed by atoms with Gasteiger partial charge in [0.1, 0.15) is 0 Å². The molecule has 0 N–H and O–H groups in total. The van der Waals surface area contributed by atoms with Crippen molar-refractivity contribution in [2.45, 2.75) is 39.4 Å². The van der Waals surface area contributed by atoms with E-state index in [2.05, 4.69) is 37.7 Å². The van der Waals surface area contributed by atoms with Gasteiger partial charge >= 0.3 is 6.18 Å². The lowest BCUT2D eigenvalue weighted by Gasteiger charge is -2.36. The first kappa shape index (κ1) is 18.6. The van der Waals surface area contributed by atoms with E-state index in [9.17, 15) is 13.2 Å². The van der Waals surface area contributed by atoms with Gasteiger partial charge in [-0.3, -0.25) is 0 Å². The highest BCUT2D eigenvalue weighted by atomic mass is 19.4. The average molecular weight is 357 g/mol. The van der Waals surface area contributed by atoms with Crippen molar-refractivity contribution in [1.29, 1.82) is 0 Å². The van der Waals surface area contributed by atoms with E-state index in [1.807, 2.05) is 26.2 Å². The molecule has 0 amide bonds. The Balaban J connectivity index is 2.09. The number of benzene rings is 2. The van der Waals surface area contributed by atoms with Crippen molar-refractivity contribution in [3.05, 3.63) is 71.3 Å². The largest absolute Gasteiger partial charge is 0.418 e. The van der Waals surface area contributed by atoms with Crippen LogP contribution in [0.2, 0.25) is 0 Å². The van der Waals surface area contributed by atoms with E-state index in [-0.39, 0.29) is 11.5 Å². The van der Waals surface area contributed by atoms with Crippen LogP contribution in [0.3, 0.4) is 0 Å². The second-order valence-electron chi connectivity index (χ2n) is 7.97. The number of rotatable bonds is 2. The van der Waals surface area contributed by atoms with Crippen LogP contribution < -0.4 is 0 Å². The van der Waals surface area contributed by atoms with Gasteiger partial charge in [-0.2, -0.15) is 13.2 Å². The summed E-state index contributed by atoms with van der Waals surface area (Å²) in [5, 5.41) is 0. The van der Waals surface area contributed by atoms with Gasteiger partial charge in [-0.1, -0.05) is 63.2 Å². The molecule has 1 heterocycles. The molecule has 0 saturated carbocycles. The molecular formula is C21H23BF3N. The minimum absolute atomic E-state index is 0.0580. The molecule has 1 atom stereocenters. The lowest BCUT2D eigenvalue weighted by atomic mass is 9.82. The van der Waals surface area contributed by atoms with E-state index in [1.165, 1.54) is 17.7 Å². The number of nitrogens with zero attached hydrogens (tertiary/aromatic N) is 1. The van der Waals surface area contributed by atoms with Crippen LogP contribution in [0.25, 0.3) is 11.3 Å². The Morgan fingerprint density at radius 2 is 1.46 bits per heavy atom. The van der Waals surface area contributed by atoms with Crippen LogP contribution in [0.5, 0.6) is 0 Å². The molecule has 2 aromatic carbocycles. The lowest BCUT2D eigenvalue weighted by Crippen LogP contribution is -2.37. The summed E-state index contributed by atoms with van der Waals surface area (Å²) in [7, 11) is 2.04. The molecule has 0 unspecified atom stereocenters. The molecule has 5 heteroatoms. The van der Waals surface area contributed by atoms with E-state index in [1.54, 1.807) is 12.1 Å². The minimum Gasteiger partial charge on any atom is -0.418 e. The van der Waals surface area contributed by atoms with Gasteiger partial charge < -0.3 is 4.81 Å². The fourth-order valence-corrected chi connectivity index (χ4v) is 3.77. The molecule has 0 spiro atoms. The molecule has 3 rings (SSSR count). The van der Waals surface area contributed by atoms with E-state index >= 15 is 0 Å². The standard InChI is InChI=1S/C21H23BF3N/c1-20(2,3)18-13-17(14-7-5-4-6-8-14)19(26(18)22)15-9-11-16(12-10-15)21(23,24)25/h4-12,18H,13,22H2,1-3H3/t18-/m0/s1. The van der Waals surface area contributed by atoms with Crippen LogP contribution in [0.1, 0.15) is 43.9 Å². The van der Waals surface area contributed by atoms with Crippen LogP contribution in [-0.4, -0.2) is 18.8 Å². The number of halogens is 3. The zero-order chi connectivity index (χ0) is 19.1. The van der Waals surface area contributed by atoms with Gasteiger partial charge in [0.25, 0.3) is 0 Å². The summed E-state index contributed by atoms with van der Waals surface area (Å²) in [6.07, 6.45) is -3.44. The van der Waals surface area contributed by atoms with Gasteiger partial charge in [0.05, 0.1) is 5.56 Å². The second-order valence-corrected chi connectivity index (χ2v) is 7.97. The maximum absolute atomic E-state index is 12.9. The van der Waals surface area contributed by atoms with Crippen LogP contribution >= 0.6 is 0 Å². The first-order valence-corrected chi connectivity index (χ1v) is 8.78. The van der Waals surface area contributed by atoms with Crippen LogP contribution in [0.15, 0.2) is 54.6 Å². The van der Waals surface area contributed by atoms with Crippen molar-refractivity contribution in [2.75, 3.05) is 0 Å². The molecule has 0 bridgehead atoms. The zero-order valence-corrected chi connectivity index (χ0v) is 15.6. The lowest BCUT2D eigenvalue weighted by molar-refractivity contribution is -0.137. The normalized spacial score (nSPS) is 18.5. The highest BCUT2D eigenvalue weighted by Gasteiger charge is 2.37. The molecule has 1 aliphatic rings. The summed E-state index contributed by atoms with van der Waals surface area (Å²) >= 11 is 0. The van der Waals surface area contributed by atoms with Crippen molar-refractivity contribution in [3.63, 3.8) is 0 Å². The van der Waals surface area contributed by atoms with Crippen LogP contribution in [-0.2, 0) is 6.18 Å². The summed E-state index contributed by atoms with van der Waals surface area (Å²) in [5.41, 5.74) is 3.60. The van der Waals surface area contributed by atoms with Gasteiger partial charge in [-0.15, -0.1) is 0 Å². The van der Waals surface area contributed by atoms with Gasteiger partial charge in [0.2, 0.25) is 7.98 Å². The van der Waals surface area contributed by atoms with E-state index in [4.69, 9.17) is 0 Å². The molecule has 2 aromatic rings. The predicted octanol–water partition coefficient (Wildman–Crippen LogP) is 5.24. The Morgan fingerprint density at radius 3 is 1.96 bits per heavy atom. The predicted molar refractivity (Wildman–Crippen MR) is 103 cm³/mol. The Morgan fingerprint density at radius 1 is 0.885 bits per heavy atom. The van der Waals surface area contributed by atoms with Gasteiger partial charge in [0, 0.05) is 11.7 Å². The van der Waals surface area contributed by atoms with E-state index in [0.29, 0.717) is 0 Å². The summed E-state index contributed by atoms with van der Waals surface area (Å²) in [4.78, 5) is 2.23. The number of alkyl halides is 3. The first-order chi connectivity index (χ1) is 12.1. The average Bonchev–Trinajstić information content (AvgIpc) is 2.92. The first-order valence-electron chi connectivity index (χ1n) is 8.78. The Kier molecular flexibility index (Phi) is 4.68. The fraction of sp³-hybridized carbons (Fsp3) is 0.333. The molecule has 0 aromatic heterocycles. The summed E-state index contributed by atoms with van der Waals surface area (Å²) in [5.74, 6) is 0. The zero-order valence-electron chi connectivity index (χ0n) is 15.6. The Labute approximate surface area is 154 Å². The quantitative estimate of drug-likeness (QED) is 0.665. The van der Waals surface area contributed by atoms with Crippen LogP contribution in [0, 0.1) is 5.41 Å². The Bertz CT molecular complexity index is 802. The van der Waals surface area contributed by atoms with E-state index in [0.717, 1.165) is 23.2 Å². The molecule has 0 saturated heterocycles. The monoisotopic (exact) mass is 357 g/mol. The highest BCUT2D eigenvalue weighted by molar-refractivity contribution is 6.14. The van der Waals surface area contributed by atoms with Crippen LogP contribution in [0.4, 0.5) is 13.2 Å². The smallest absolute Gasteiger partial charge is 0.416 e. The molecule has 1 nitrogen and oxygen atoms in total. The van der Waals surface area contributed by atoms with Gasteiger partial charge in [-0.25, -0.2) is 0 Å². The molecule has 0 radical (unpaired) electrons. The molecule has 0 aliphatic carbocycles. The molecule has 1 aliphatic heterocycles. The number of hydrogen-bond donors (Lipinski definition) is 0. The highest BCUT2D eigenvalue weighted by Crippen LogP contribution is 2.45. The fourth-order valence-electron chi connectivity index (χ4n) is 3.77. The van der Waals surface area contributed by atoms with Crippen molar-refractivity contribution < 1.29 is 13.2 Å². The molecule has 0 fully saturated rings. The van der Waals surface area contributed by atoms with Crippen molar-refractivity contribution in [3.8, 4) is 0 Å². The molecule has 26 heavy (non-hydrogen) atoms. The van der Waals surface area contributed by atoms with Gasteiger partial charge in [-0.05, 0) is 40.7 Å². The third-order valence-corrected chi connectivity index (χ3v) is 5.11. The SMILES string of the molecule is BN1C(c2ccc(C(F)(F)F)cc2)=C(c2ccccc2)C[C@H]1C(C)(C)C. The maximum atomic E-state index is 12.9. The third-order valence-electron chi connectivity index (χ3n) is 5.11. The second kappa shape index (κ2) is 6.53. The topological polar surface area (TPSA) is 3.24 Å². The summed E-state index contributed by atoms with van der Waals surface area (Å²) < 4.78 is 38.7. The van der Waals surface area contributed by atoms with E-state index < -0.39 is 11.7 Å². The third kappa shape index (κ3) is 3.53. The Hall–Kier alpha value is -2.17. The molecule has 136 valence electrons.